The summed E-state index contributed by atoms with van der Waals surface area (Å²) in [7, 11) is 0. The maximum atomic E-state index is 11.9. The molecule has 0 spiro atoms. The Hall–Kier alpha value is -2.93. The van der Waals surface area contributed by atoms with E-state index in [4.69, 9.17) is 15.7 Å². The molecule has 0 bridgehead atoms. The number of fused-ring (bicyclic) bond motifs is 3. The van der Waals surface area contributed by atoms with Crippen LogP contribution in [0.3, 0.4) is 0 Å². The van der Waals surface area contributed by atoms with Gasteiger partial charge in [0.05, 0.1) is 11.7 Å². The van der Waals surface area contributed by atoms with Gasteiger partial charge in [0.15, 0.2) is 17.3 Å². The second-order valence-corrected chi connectivity index (χ2v) is 5.14. The van der Waals surface area contributed by atoms with Crippen LogP contribution in [0, 0.1) is 23.2 Å². The highest BCUT2D eigenvalue weighted by atomic mass is 16.5. The normalized spacial score (nSPS) is 19.0. The number of anilines is 2. The molecule has 112 valence electrons. The highest BCUT2D eigenvalue weighted by Crippen LogP contribution is 2.35. The Morgan fingerprint density at radius 1 is 1.55 bits per heavy atom. The van der Waals surface area contributed by atoms with Gasteiger partial charge in [0.1, 0.15) is 12.7 Å². The number of nitrogens with two attached hydrogens (primary N) is 1. The molecule has 7 heteroatoms. The van der Waals surface area contributed by atoms with Crippen molar-refractivity contribution < 1.29 is 9.53 Å². The maximum Gasteiger partial charge on any atom is 0.298 e. The Balaban J connectivity index is 1.87. The van der Waals surface area contributed by atoms with Gasteiger partial charge in [0.2, 0.25) is 0 Å². The minimum Gasteiger partial charge on any atom is -0.487 e. The van der Waals surface area contributed by atoms with E-state index < -0.39 is 0 Å². The van der Waals surface area contributed by atoms with Gasteiger partial charge in [-0.25, -0.2) is 4.98 Å². The van der Waals surface area contributed by atoms with Crippen LogP contribution in [0.1, 0.15) is 12.6 Å². The van der Waals surface area contributed by atoms with E-state index >= 15 is 0 Å². The molecule has 22 heavy (non-hydrogen) atoms. The number of carbonyl (C=O) groups is 1. The van der Waals surface area contributed by atoms with E-state index in [-0.39, 0.29) is 17.6 Å². The number of rotatable bonds is 0. The first-order chi connectivity index (χ1) is 10.6. The average Bonchev–Trinajstić information content (AvgIpc) is 2.53. The zero-order valence-corrected chi connectivity index (χ0v) is 12.2. The van der Waals surface area contributed by atoms with Crippen LogP contribution in [0.4, 0.5) is 11.5 Å². The number of hydrogen-bond acceptors (Lipinski definition) is 6. The van der Waals surface area contributed by atoms with E-state index in [1.165, 1.54) is 0 Å². The Morgan fingerprint density at radius 3 is 3.09 bits per heavy atom. The number of ether oxygens (including phenoxy) is 1. The first-order valence-electron chi connectivity index (χ1n) is 6.95. The third-order valence-corrected chi connectivity index (χ3v) is 3.81. The van der Waals surface area contributed by atoms with Gasteiger partial charge in [0, 0.05) is 25.7 Å². The smallest absolute Gasteiger partial charge is 0.298 e. The van der Waals surface area contributed by atoms with Gasteiger partial charge >= 0.3 is 0 Å². The van der Waals surface area contributed by atoms with E-state index in [0.717, 1.165) is 0 Å². The van der Waals surface area contributed by atoms with Crippen molar-refractivity contribution in [3.63, 3.8) is 0 Å². The molecule has 1 aromatic rings. The fourth-order valence-corrected chi connectivity index (χ4v) is 2.73. The summed E-state index contributed by atoms with van der Waals surface area (Å²) < 4.78 is 5.69. The predicted molar refractivity (Wildman–Crippen MR) is 80.0 cm³/mol. The Bertz CT molecular complexity index is 728. The molecule has 0 saturated carbocycles. The van der Waals surface area contributed by atoms with Gasteiger partial charge < -0.3 is 20.3 Å². The third kappa shape index (κ3) is 2.27. The Kier molecular flexibility index (Phi) is 3.48. The van der Waals surface area contributed by atoms with E-state index in [1.807, 2.05) is 6.07 Å². The number of carbonyl (C=O) groups excluding carboxylic acids is 1. The number of nitrogens with zero attached hydrogens (tertiary/aromatic N) is 4. The molecule has 7 nitrogen and oxygen atoms in total. The number of piperazine rings is 1. The number of pyridine rings is 1. The fourth-order valence-electron chi connectivity index (χ4n) is 2.73. The standard InChI is InChI=1S/C15H15N5O2/c1-2-3-14(21)19-4-5-20-10(8-19)9-22-13-6-11(17)12(7-16)18-15(13)20/h6,10H,4-5,8-9,17H2,1H3/t10-/m0/s1. The molecule has 1 amide bonds. The van der Waals surface area contributed by atoms with Crippen LogP contribution >= 0.6 is 0 Å². The zero-order chi connectivity index (χ0) is 15.7. The number of nitriles is 1. The Morgan fingerprint density at radius 2 is 2.36 bits per heavy atom. The number of hydrogen-bond donors (Lipinski definition) is 1. The number of amides is 1. The predicted octanol–water partition coefficient (Wildman–Crippen LogP) is -0.0316. The van der Waals surface area contributed by atoms with Crippen LogP contribution in [0.2, 0.25) is 0 Å². The largest absolute Gasteiger partial charge is 0.487 e. The second-order valence-electron chi connectivity index (χ2n) is 5.14. The lowest BCUT2D eigenvalue weighted by atomic mass is 10.1. The molecular weight excluding hydrogens is 282 g/mol. The molecule has 0 aromatic carbocycles. The highest BCUT2D eigenvalue weighted by molar-refractivity contribution is 5.93. The van der Waals surface area contributed by atoms with Crippen molar-refractivity contribution in [2.45, 2.75) is 13.0 Å². The summed E-state index contributed by atoms with van der Waals surface area (Å²) in [6.45, 7) is 3.81. The first kappa shape index (κ1) is 14.0. The molecule has 0 unspecified atom stereocenters. The molecule has 2 aliphatic rings. The van der Waals surface area contributed by atoms with Crippen LogP contribution in [0.5, 0.6) is 5.75 Å². The number of aromatic nitrogens is 1. The monoisotopic (exact) mass is 297 g/mol. The summed E-state index contributed by atoms with van der Waals surface area (Å²) in [5.74, 6) is 6.22. The Labute approximate surface area is 128 Å². The summed E-state index contributed by atoms with van der Waals surface area (Å²) in [5, 5.41) is 9.07. The minimum atomic E-state index is -0.170. The quantitative estimate of drug-likeness (QED) is 0.676. The molecule has 2 N–H and O–H groups in total. The van der Waals surface area contributed by atoms with Crippen molar-refractivity contribution in [2.75, 3.05) is 36.9 Å². The van der Waals surface area contributed by atoms with Crippen molar-refractivity contribution in [2.24, 2.45) is 0 Å². The lowest BCUT2D eigenvalue weighted by molar-refractivity contribution is -0.126. The summed E-state index contributed by atoms with van der Waals surface area (Å²) >= 11 is 0. The fraction of sp³-hybridized carbons (Fsp3) is 0.400. The van der Waals surface area contributed by atoms with Crippen molar-refractivity contribution in [3.8, 4) is 23.7 Å². The average molecular weight is 297 g/mol. The van der Waals surface area contributed by atoms with Gasteiger partial charge in [-0.3, -0.25) is 4.79 Å². The van der Waals surface area contributed by atoms with E-state index in [9.17, 15) is 4.79 Å². The highest BCUT2D eigenvalue weighted by Gasteiger charge is 2.35. The number of nitrogen functional groups attached to an aromatic ring is 1. The minimum absolute atomic E-state index is 0.00604. The summed E-state index contributed by atoms with van der Waals surface area (Å²) in [4.78, 5) is 20.0. The first-order valence-corrected chi connectivity index (χ1v) is 6.95. The molecule has 2 aliphatic heterocycles. The van der Waals surface area contributed by atoms with Crippen molar-refractivity contribution in [3.05, 3.63) is 11.8 Å². The van der Waals surface area contributed by atoms with Crippen molar-refractivity contribution in [1.29, 1.82) is 5.26 Å². The molecule has 3 rings (SSSR count). The topological polar surface area (TPSA) is 95.5 Å². The van der Waals surface area contributed by atoms with Gasteiger partial charge in [-0.05, 0) is 12.8 Å². The lowest BCUT2D eigenvalue weighted by Gasteiger charge is -2.44. The van der Waals surface area contributed by atoms with Crippen LogP contribution in [-0.2, 0) is 4.79 Å². The molecular formula is C15H15N5O2. The molecule has 1 saturated heterocycles. The molecule has 0 radical (unpaired) electrons. The lowest BCUT2D eigenvalue weighted by Crippen LogP contribution is -2.58. The van der Waals surface area contributed by atoms with E-state index in [2.05, 4.69) is 21.7 Å². The third-order valence-electron chi connectivity index (χ3n) is 3.81. The van der Waals surface area contributed by atoms with Gasteiger partial charge in [-0.15, -0.1) is 0 Å². The second kappa shape index (κ2) is 5.45. The zero-order valence-electron chi connectivity index (χ0n) is 12.2. The van der Waals surface area contributed by atoms with Crippen LogP contribution in [0.25, 0.3) is 0 Å². The molecule has 0 aliphatic carbocycles. The van der Waals surface area contributed by atoms with Gasteiger partial charge in [0.25, 0.3) is 5.91 Å². The van der Waals surface area contributed by atoms with Crippen molar-refractivity contribution in [1.82, 2.24) is 9.88 Å². The summed E-state index contributed by atoms with van der Waals surface area (Å²) in [6.07, 6.45) is 0. The van der Waals surface area contributed by atoms with Crippen LogP contribution < -0.4 is 15.4 Å². The van der Waals surface area contributed by atoms with Gasteiger partial charge in [-0.2, -0.15) is 5.26 Å². The van der Waals surface area contributed by atoms with E-state index in [0.29, 0.717) is 43.5 Å². The molecule has 1 atom stereocenters. The van der Waals surface area contributed by atoms with Crippen LogP contribution in [0.15, 0.2) is 6.07 Å². The summed E-state index contributed by atoms with van der Waals surface area (Å²) in [6, 6.07) is 3.63. The maximum absolute atomic E-state index is 11.9. The van der Waals surface area contributed by atoms with Crippen molar-refractivity contribution >= 4 is 17.4 Å². The molecule has 1 aromatic heterocycles. The summed E-state index contributed by atoms with van der Waals surface area (Å²) in [5.41, 5.74) is 6.27. The van der Waals surface area contributed by atoms with Gasteiger partial charge in [-0.1, -0.05) is 5.92 Å². The van der Waals surface area contributed by atoms with Crippen LogP contribution in [-0.4, -0.2) is 48.1 Å². The molecule has 3 heterocycles. The molecule has 1 fully saturated rings. The van der Waals surface area contributed by atoms with E-state index in [1.54, 1.807) is 17.9 Å². The SMILES string of the molecule is CC#CC(=O)N1CCN2c3nc(C#N)c(N)cc3OC[C@@H]2C1.